The second-order valence-electron chi connectivity index (χ2n) is 10.2. The summed E-state index contributed by atoms with van der Waals surface area (Å²) in [6, 6.07) is 12.6. The Hall–Kier alpha value is -3.42. The molecule has 2 aromatic carbocycles. The molecule has 2 N–H and O–H groups in total. The summed E-state index contributed by atoms with van der Waals surface area (Å²) in [5.74, 6) is 2.70. The van der Waals surface area contributed by atoms with Crippen molar-refractivity contribution in [3.63, 3.8) is 0 Å². The second kappa shape index (κ2) is 12.3. The highest BCUT2D eigenvalue weighted by Crippen LogP contribution is 2.32. The molecule has 0 aliphatic carbocycles. The van der Waals surface area contributed by atoms with E-state index in [1.165, 1.54) is 12.3 Å². The fraction of sp³-hybridized carbons (Fsp3) is 0.407. The zero-order valence-electron chi connectivity index (χ0n) is 22.8. The molecule has 2 heterocycles. The summed E-state index contributed by atoms with van der Waals surface area (Å²) in [6.45, 7) is 0.467. The zero-order valence-corrected chi connectivity index (χ0v) is 24.4. The summed E-state index contributed by atoms with van der Waals surface area (Å²) < 4.78 is 126. The van der Waals surface area contributed by atoms with Crippen LogP contribution < -0.4 is 10.6 Å². The SMILES string of the molecule is CS(=O)(=O)CCN1CCC(Nc2cccc3c2cc(C#CNc2ccc(S(=O)(=O)C(F)(F)F)cc2)n3CC(F)(F)F)CC1. The molecular weight excluding hydrogens is 622 g/mol. The number of piperidine rings is 1. The number of rotatable bonds is 8. The molecule has 43 heavy (non-hydrogen) atoms. The van der Waals surface area contributed by atoms with Crippen LogP contribution in [0.1, 0.15) is 18.5 Å². The zero-order chi connectivity index (χ0) is 31.6. The average molecular weight is 651 g/mol. The van der Waals surface area contributed by atoms with Crippen molar-refractivity contribution in [2.75, 3.05) is 42.3 Å². The van der Waals surface area contributed by atoms with Crippen LogP contribution in [0.25, 0.3) is 10.9 Å². The molecule has 1 aromatic heterocycles. The van der Waals surface area contributed by atoms with E-state index in [1.807, 2.05) is 0 Å². The first-order chi connectivity index (χ1) is 19.9. The van der Waals surface area contributed by atoms with Crippen molar-refractivity contribution in [1.29, 1.82) is 0 Å². The van der Waals surface area contributed by atoms with E-state index in [1.54, 1.807) is 18.2 Å². The molecule has 234 valence electrons. The van der Waals surface area contributed by atoms with Crippen LogP contribution in [0, 0.1) is 12.0 Å². The first-order valence-electron chi connectivity index (χ1n) is 13.0. The normalized spacial score (nSPS) is 15.7. The summed E-state index contributed by atoms with van der Waals surface area (Å²) in [7, 11) is -8.60. The summed E-state index contributed by atoms with van der Waals surface area (Å²) in [6.07, 6.45) is -1.95. The standard InChI is InChI=1S/C27H28F6N4O4S2/c1-42(38,39)16-15-36-13-10-20(11-14-36)35-24-3-2-4-25-23(24)17-21(37(25)18-26(28,29)30)9-12-34-19-5-7-22(8-6-19)43(40,41)27(31,32)33/h2-8,17,20,34-35H,10-11,13-16,18H2,1H3. The van der Waals surface area contributed by atoms with E-state index >= 15 is 0 Å². The number of nitrogens with zero attached hydrogens (tertiary/aromatic N) is 2. The lowest BCUT2D eigenvalue weighted by atomic mass is 10.0. The Labute approximate surface area is 244 Å². The first-order valence-corrected chi connectivity index (χ1v) is 16.5. The van der Waals surface area contributed by atoms with Crippen molar-refractivity contribution in [2.45, 2.75) is 42.0 Å². The van der Waals surface area contributed by atoms with Crippen LogP contribution in [0.5, 0.6) is 0 Å². The highest BCUT2D eigenvalue weighted by molar-refractivity contribution is 7.92. The molecule has 3 aromatic rings. The van der Waals surface area contributed by atoms with Gasteiger partial charge in [0.25, 0.3) is 9.84 Å². The number of hydrogen-bond acceptors (Lipinski definition) is 7. The van der Waals surface area contributed by atoms with Gasteiger partial charge in [-0.25, -0.2) is 16.8 Å². The van der Waals surface area contributed by atoms with Gasteiger partial charge in [-0.15, -0.1) is 0 Å². The molecular formula is C27H28F6N4O4S2. The molecule has 1 fully saturated rings. The van der Waals surface area contributed by atoms with Gasteiger partial charge < -0.3 is 20.1 Å². The maximum Gasteiger partial charge on any atom is 0.501 e. The van der Waals surface area contributed by atoms with Crippen LogP contribution in [0.3, 0.4) is 0 Å². The quantitative estimate of drug-likeness (QED) is 0.205. The van der Waals surface area contributed by atoms with Gasteiger partial charge in [0.1, 0.15) is 16.4 Å². The van der Waals surface area contributed by atoms with Gasteiger partial charge in [-0.3, -0.25) is 0 Å². The predicted octanol–water partition coefficient (Wildman–Crippen LogP) is 4.84. The molecule has 0 unspecified atom stereocenters. The van der Waals surface area contributed by atoms with Gasteiger partial charge in [0.15, 0.2) is 0 Å². The van der Waals surface area contributed by atoms with E-state index in [-0.39, 0.29) is 23.2 Å². The number of likely N-dealkylation sites (tertiary alicyclic amines) is 1. The van der Waals surface area contributed by atoms with Gasteiger partial charge >= 0.3 is 11.7 Å². The van der Waals surface area contributed by atoms with E-state index in [0.29, 0.717) is 49.1 Å². The minimum Gasteiger partial charge on any atom is -0.382 e. The number of sulfone groups is 2. The Morgan fingerprint density at radius 3 is 2.19 bits per heavy atom. The fourth-order valence-corrected chi connectivity index (χ4v) is 6.05. The number of hydrogen-bond donors (Lipinski definition) is 2. The number of nitrogens with one attached hydrogen (secondary N) is 2. The molecule has 1 aliphatic heterocycles. The molecule has 0 radical (unpaired) electrons. The van der Waals surface area contributed by atoms with E-state index in [4.69, 9.17) is 0 Å². The molecule has 1 saturated heterocycles. The molecule has 0 amide bonds. The molecule has 0 saturated carbocycles. The Bertz CT molecular complexity index is 1730. The monoisotopic (exact) mass is 650 g/mol. The minimum atomic E-state index is -5.52. The van der Waals surface area contributed by atoms with Gasteiger partial charge in [-0.05, 0) is 61.2 Å². The Morgan fingerprint density at radius 1 is 0.953 bits per heavy atom. The lowest BCUT2D eigenvalue weighted by molar-refractivity contribution is -0.140. The van der Waals surface area contributed by atoms with Crippen LogP contribution in [0.15, 0.2) is 53.4 Å². The summed E-state index contributed by atoms with van der Waals surface area (Å²) >= 11 is 0. The molecule has 0 bridgehead atoms. The third kappa shape index (κ3) is 8.36. The van der Waals surface area contributed by atoms with Gasteiger partial charge in [-0.2, -0.15) is 26.3 Å². The first kappa shape index (κ1) is 32.5. The van der Waals surface area contributed by atoms with Crippen molar-refractivity contribution in [2.24, 2.45) is 0 Å². The topological polar surface area (TPSA) is 101 Å². The number of aromatic nitrogens is 1. The molecule has 0 atom stereocenters. The van der Waals surface area contributed by atoms with Crippen molar-refractivity contribution < 1.29 is 43.2 Å². The maximum absolute atomic E-state index is 13.5. The van der Waals surface area contributed by atoms with Gasteiger partial charge in [0.05, 0.1) is 21.9 Å². The maximum atomic E-state index is 13.5. The van der Waals surface area contributed by atoms with E-state index in [0.717, 1.165) is 28.8 Å². The highest BCUT2D eigenvalue weighted by Gasteiger charge is 2.46. The van der Waals surface area contributed by atoms with Crippen LogP contribution in [0.4, 0.5) is 37.7 Å². The Balaban J connectivity index is 1.53. The number of alkyl halides is 6. The van der Waals surface area contributed by atoms with Gasteiger partial charge in [0, 0.05) is 54.7 Å². The van der Waals surface area contributed by atoms with Crippen molar-refractivity contribution in [3.05, 3.63) is 54.2 Å². The molecule has 8 nitrogen and oxygen atoms in total. The summed E-state index contributed by atoms with van der Waals surface area (Å²) in [5, 5.41) is 6.47. The third-order valence-corrected chi connectivity index (χ3v) is 9.30. The summed E-state index contributed by atoms with van der Waals surface area (Å²) in [5.41, 5.74) is -4.39. The van der Waals surface area contributed by atoms with Crippen molar-refractivity contribution >= 4 is 42.0 Å². The second-order valence-corrected chi connectivity index (χ2v) is 14.4. The third-order valence-electron chi connectivity index (χ3n) is 6.88. The Morgan fingerprint density at radius 2 is 1.60 bits per heavy atom. The molecule has 16 heteroatoms. The van der Waals surface area contributed by atoms with Crippen molar-refractivity contribution in [1.82, 2.24) is 9.47 Å². The van der Waals surface area contributed by atoms with Crippen molar-refractivity contribution in [3.8, 4) is 12.0 Å². The smallest absolute Gasteiger partial charge is 0.382 e. The molecule has 1 aliphatic rings. The molecule has 0 spiro atoms. The largest absolute Gasteiger partial charge is 0.501 e. The molecule has 4 rings (SSSR count). The minimum absolute atomic E-state index is 0.0198. The summed E-state index contributed by atoms with van der Waals surface area (Å²) in [4.78, 5) is 1.10. The van der Waals surface area contributed by atoms with E-state index < -0.39 is 42.8 Å². The number of fused-ring (bicyclic) bond motifs is 1. The number of anilines is 2. The van der Waals surface area contributed by atoms with Crippen LogP contribution in [0.2, 0.25) is 0 Å². The van der Waals surface area contributed by atoms with Crippen LogP contribution in [-0.2, 0) is 26.2 Å². The van der Waals surface area contributed by atoms with Gasteiger partial charge in [0.2, 0.25) is 0 Å². The van der Waals surface area contributed by atoms with Crippen LogP contribution in [-0.4, -0.2) is 75.7 Å². The number of benzene rings is 2. The lowest BCUT2D eigenvalue weighted by Crippen LogP contribution is -2.41. The lowest BCUT2D eigenvalue weighted by Gasteiger charge is -2.32. The Kier molecular flexibility index (Phi) is 9.29. The average Bonchev–Trinajstić information content (AvgIpc) is 3.24. The van der Waals surface area contributed by atoms with Gasteiger partial charge in [-0.1, -0.05) is 6.07 Å². The fourth-order valence-electron chi connectivity index (χ4n) is 4.70. The predicted molar refractivity (Wildman–Crippen MR) is 151 cm³/mol. The van der Waals surface area contributed by atoms with E-state index in [2.05, 4.69) is 27.5 Å². The van der Waals surface area contributed by atoms with Crippen LogP contribution >= 0.6 is 0 Å². The number of halogens is 6. The van der Waals surface area contributed by atoms with E-state index in [9.17, 15) is 43.2 Å². The highest BCUT2D eigenvalue weighted by atomic mass is 32.2.